The van der Waals surface area contributed by atoms with Crippen LogP contribution in [-0.2, 0) is 19.1 Å². The summed E-state index contributed by atoms with van der Waals surface area (Å²) in [5.74, 6) is -7.98. The van der Waals surface area contributed by atoms with Crippen molar-refractivity contribution in [2.75, 3.05) is 14.1 Å². The molecule has 11 nitrogen and oxygen atoms in total. The Morgan fingerprint density at radius 2 is 1.59 bits per heavy atom. The minimum atomic E-state index is -2.94. The number of phenols is 1. The van der Waals surface area contributed by atoms with Crippen molar-refractivity contribution in [3.8, 4) is 5.75 Å². The molecule has 0 saturated heterocycles. The van der Waals surface area contributed by atoms with E-state index in [4.69, 9.17) is 10.5 Å². The molecule has 1 aromatic rings. The van der Waals surface area contributed by atoms with Crippen LogP contribution in [0, 0.1) is 35.0 Å². The molecule has 11 heteroatoms. The van der Waals surface area contributed by atoms with Gasteiger partial charge in [0.2, 0.25) is 5.78 Å². The van der Waals surface area contributed by atoms with Gasteiger partial charge in [0, 0.05) is 11.5 Å². The molecule has 0 aliphatic heterocycles. The molecule has 8 rings (SSSR count). The quantitative estimate of drug-likeness (QED) is 0.252. The van der Waals surface area contributed by atoms with Crippen LogP contribution in [0.3, 0.4) is 0 Å². The van der Waals surface area contributed by atoms with Gasteiger partial charge in [-0.05, 0) is 87.9 Å². The predicted octanol–water partition coefficient (Wildman–Crippen LogP) is 2.42. The van der Waals surface area contributed by atoms with Gasteiger partial charge in [0.1, 0.15) is 28.9 Å². The molecule has 4 fully saturated rings. The summed E-state index contributed by atoms with van der Waals surface area (Å²) in [5, 5.41) is 46.1. The van der Waals surface area contributed by atoms with Gasteiger partial charge in [-0.3, -0.25) is 24.1 Å². The lowest BCUT2D eigenvalue weighted by atomic mass is 9.49. The second-order valence-corrected chi connectivity index (χ2v) is 14.4. The van der Waals surface area contributed by atoms with E-state index in [-0.39, 0.29) is 16.9 Å². The zero-order chi connectivity index (χ0) is 31.6. The molecule has 234 valence electrons. The van der Waals surface area contributed by atoms with Gasteiger partial charge in [-0.2, -0.15) is 0 Å². The van der Waals surface area contributed by atoms with E-state index in [1.807, 2.05) is 0 Å². The monoisotopic (exact) mass is 606 g/mol. The number of phenolic OH excluding ortho intramolecular Hbond substituents is 1. The van der Waals surface area contributed by atoms with Crippen LogP contribution in [0.25, 0.3) is 0 Å². The Morgan fingerprint density at radius 1 is 1.00 bits per heavy atom. The average Bonchev–Trinajstić information content (AvgIpc) is 2.93. The zero-order valence-corrected chi connectivity index (χ0v) is 24.9. The summed E-state index contributed by atoms with van der Waals surface area (Å²) >= 11 is 0. The maximum Gasteiger partial charge on any atom is 0.312 e. The molecule has 0 heterocycles. The molecule has 4 bridgehead atoms. The van der Waals surface area contributed by atoms with Gasteiger partial charge in [-0.1, -0.05) is 19.1 Å². The van der Waals surface area contributed by atoms with Crippen molar-refractivity contribution in [3.63, 3.8) is 0 Å². The van der Waals surface area contributed by atoms with Gasteiger partial charge in [0.15, 0.2) is 11.4 Å². The second kappa shape index (κ2) is 9.40. The van der Waals surface area contributed by atoms with Crippen molar-refractivity contribution in [3.05, 3.63) is 52.0 Å². The van der Waals surface area contributed by atoms with E-state index in [9.17, 15) is 39.6 Å². The number of nitrogens with two attached hydrogens (primary N) is 1. The highest BCUT2D eigenvalue weighted by Crippen LogP contribution is 2.62. The third-order valence-electron chi connectivity index (χ3n) is 11.7. The first-order valence-corrected chi connectivity index (χ1v) is 15.4. The Bertz CT molecular complexity index is 1560. The van der Waals surface area contributed by atoms with Crippen LogP contribution in [0.5, 0.6) is 5.75 Å². The Hall–Kier alpha value is -3.70. The number of ether oxygens (including phenoxy) is 1. The number of carbonyl (C=O) groups is 4. The average molecular weight is 607 g/mol. The molecule has 7 aliphatic rings. The fraction of sp³-hybridized carbons (Fsp3) is 0.576. The number of rotatable bonds is 4. The number of likely N-dealkylation sites (N-methyl/N-ethyl adjacent to an activating group) is 1. The van der Waals surface area contributed by atoms with Crippen molar-refractivity contribution >= 4 is 23.4 Å². The first kappa shape index (κ1) is 29.0. The van der Waals surface area contributed by atoms with Gasteiger partial charge in [-0.15, -0.1) is 0 Å². The van der Waals surface area contributed by atoms with Crippen LogP contribution < -0.4 is 5.73 Å². The molecule has 0 radical (unpaired) electrons. The number of hydrogen-bond acceptors (Lipinski definition) is 10. The lowest BCUT2D eigenvalue weighted by Gasteiger charge is -2.57. The summed E-state index contributed by atoms with van der Waals surface area (Å²) in [5.41, 5.74) is 0.905. The van der Waals surface area contributed by atoms with Crippen LogP contribution >= 0.6 is 0 Å². The van der Waals surface area contributed by atoms with E-state index in [0.29, 0.717) is 42.6 Å². The summed E-state index contributed by atoms with van der Waals surface area (Å²) in [6.45, 7) is 1.76. The molecular weight excluding hydrogens is 568 g/mol. The molecule has 1 aromatic carbocycles. The number of aromatic hydroxyl groups is 1. The first-order valence-electron chi connectivity index (χ1n) is 15.4. The van der Waals surface area contributed by atoms with Gasteiger partial charge >= 0.3 is 5.97 Å². The highest BCUT2D eigenvalue weighted by Gasteiger charge is 2.69. The fourth-order valence-electron chi connectivity index (χ4n) is 10.3. The van der Waals surface area contributed by atoms with E-state index in [1.54, 1.807) is 33.2 Å². The second-order valence-electron chi connectivity index (χ2n) is 14.4. The molecule has 0 spiro atoms. The molecule has 6 N–H and O–H groups in total. The minimum Gasteiger partial charge on any atom is -0.510 e. The number of ketones is 2. The number of Topliss-reactive ketones (excluding diaryl/α,β-unsaturated/α-hetero) is 2. The number of hydrogen-bond donors (Lipinski definition) is 5. The number of benzene rings is 1. The normalized spacial score (nSPS) is 40.6. The molecule has 1 amide bonds. The standard InChI is InChI=1S/C33H38N2O9/c1-13-17-5-4-6-18(36)20(17)25(37)21-19(13)27(44-31(42)32-10-14-7-15(11-32)9-16(8-14)12-32)23-24(35(2)3)26(38)22(30(34)41)29(40)33(23,43)28(21)39/h4-6,13-16,19,23-24,27,36,38-39,43H,7-12H2,1-3H3,(H2,34,41)/t13-,14?,15?,16?,19+,23+,24-,27-,32?,33-/m0/s1. The van der Waals surface area contributed by atoms with Gasteiger partial charge in [-0.25, -0.2) is 0 Å². The number of aliphatic hydroxyl groups is 3. The number of esters is 1. The summed E-state index contributed by atoms with van der Waals surface area (Å²) in [6.07, 6.45) is 3.90. The van der Waals surface area contributed by atoms with Crippen molar-refractivity contribution < 1.29 is 44.3 Å². The summed E-state index contributed by atoms with van der Waals surface area (Å²) in [4.78, 5) is 56.4. The Labute approximate surface area is 254 Å². The van der Waals surface area contributed by atoms with Gasteiger partial charge < -0.3 is 30.9 Å². The molecule has 4 saturated carbocycles. The lowest BCUT2D eigenvalue weighted by molar-refractivity contribution is -0.198. The third-order valence-corrected chi connectivity index (χ3v) is 11.7. The van der Waals surface area contributed by atoms with Gasteiger partial charge in [0.05, 0.1) is 22.9 Å². The lowest BCUT2D eigenvalue weighted by Crippen LogP contribution is -2.69. The number of primary amides is 1. The Morgan fingerprint density at radius 3 is 2.14 bits per heavy atom. The molecule has 0 unspecified atom stereocenters. The van der Waals surface area contributed by atoms with Crippen molar-refractivity contribution in [2.45, 2.75) is 69.1 Å². The number of fused-ring (bicyclic) bond motifs is 3. The maximum atomic E-state index is 14.4. The first-order chi connectivity index (χ1) is 20.7. The summed E-state index contributed by atoms with van der Waals surface area (Å²) in [7, 11) is 3.10. The highest BCUT2D eigenvalue weighted by atomic mass is 16.5. The Kier molecular flexibility index (Phi) is 6.21. The molecule has 6 atom stereocenters. The van der Waals surface area contributed by atoms with Crippen molar-refractivity contribution in [2.24, 2.45) is 40.7 Å². The fourth-order valence-corrected chi connectivity index (χ4v) is 10.3. The Balaban J connectivity index is 1.44. The number of aliphatic hydroxyl groups excluding tert-OH is 2. The maximum absolute atomic E-state index is 14.4. The van der Waals surface area contributed by atoms with Gasteiger partial charge in [0.25, 0.3) is 5.91 Å². The van der Waals surface area contributed by atoms with Crippen LogP contribution in [0.15, 0.2) is 40.9 Å². The van der Waals surface area contributed by atoms with Crippen LogP contribution in [0.4, 0.5) is 0 Å². The zero-order valence-electron chi connectivity index (χ0n) is 24.9. The molecular formula is C33H38N2O9. The summed E-state index contributed by atoms with van der Waals surface area (Å²) in [6, 6.07) is 3.28. The van der Waals surface area contributed by atoms with E-state index in [0.717, 1.165) is 19.3 Å². The predicted molar refractivity (Wildman–Crippen MR) is 154 cm³/mol. The van der Waals surface area contributed by atoms with Crippen LogP contribution in [0.2, 0.25) is 0 Å². The smallest absolute Gasteiger partial charge is 0.312 e. The topological polar surface area (TPSA) is 188 Å². The third kappa shape index (κ3) is 3.62. The molecule has 7 aliphatic carbocycles. The number of amides is 1. The number of carbonyl (C=O) groups excluding carboxylic acids is 4. The van der Waals surface area contributed by atoms with E-state index in [1.165, 1.54) is 11.0 Å². The highest BCUT2D eigenvalue weighted by molar-refractivity contribution is 6.25. The minimum absolute atomic E-state index is 0.0908. The SMILES string of the molecule is C[C@H]1c2cccc(O)c2C(=O)C2=C(O)[C@]3(O)C(=O)C(C(N)=O)=C(O)[C@@H](N(C)C)[C@@H]3[C@@H](OC(=O)C34CC5CC(CC(C5)C3)C4)[C@@H]21. The number of nitrogens with zero attached hydrogens (tertiary/aromatic N) is 1. The van der Waals surface area contributed by atoms with Crippen LogP contribution in [-0.4, -0.2) is 80.6 Å². The van der Waals surface area contributed by atoms with E-state index in [2.05, 4.69) is 0 Å². The van der Waals surface area contributed by atoms with E-state index < -0.39 is 81.4 Å². The van der Waals surface area contributed by atoms with Crippen molar-refractivity contribution in [1.82, 2.24) is 4.90 Å². The van der Waals surface area contributed by atoms with Crippen LogP contribution in [0.1, 0.15) is 67.3 Å². The molecule has 0 aromatic heterocycles. The molecule has 44 heavy (non-hydrogen) atoms. The van der Waals surface area contributed by atoms with E-state index >= 15 is 0 Å². The largest absolute Gasteiger partial charge is 0.510 e. The van der Waals surface area contributed by atoms with Crippen molar-refractivity contribution in [1.29, 1.82) is 0 Å². The summed E-state index contributed by atoms with van der Waals surface area (Å²) < 4.78 is 6.48.